The maximum Gasteiger partial charge on any atom is 0.255 e. The van der Waals surface area contributed by atoms with E-state index >= 15 is 0 Å². The summed E-state index contributed by atoms with van der Waals surface area (Å²) in [5.74, 6) is 0.532. The molecule has 0 bridgehead atoms. The van der Waals surface area contributed by atoms with Crippen LogP contribution in [-0.2, 0) is 0 Å². The summed E-state index contributed by atoms with van der Waals surface area (Å²) in [5.41, 5.74) is 0.720. The topological polar surface area (TPSA) is 40.5 Å². The molecule has 1 saturated heterocycles. The van der Waals surface area contributed by atoms with Crippen molar-refractivity contribution < 1.29 is 9.90 Å². The molecule has 1 aliphatic rings. The van der Waals surface area contributed by atoms with Crippen molar-refractivity contribution in [2.45, 2.75) is 12.8 Å². The average Bonchev–Trinajstić information content (AvgIpc) is 2.78. The van der Waals surface area contributed by atoms with Crippen LogP contribution >= 0.6 is 15.9 Å². The quantitative estimate of drug-likeness (QED) is 0.930. The molecule has 1 aromatic rings. The van der Waals surface area contributed by atoms with Gasteiger partial charge in [-0.15, -0.1) is 0 Å². The second-order valence-electron chi connectivity index (χ2n) is 4.40. The predicted molar refractivity (Wildman–Crippen MR) is 69.9 cm³/mol. The van der Waals surface area contributed by atoms with Gasteiger partial charge in [0.25, 0.3) is 5.91 Å². The summed E-state index contributed by atoms with van der Waals surface area (Å²) in [4.78, 5) is 14.1. The fraction of sp³-hybridized carbons (Fsp3) is 0.462. The van der Waals surface area contributed by atoms with Crippen LogP contribution in [-0.4, -0.2) is 35.6 Å². The lowest BCUT2D eigenvalue weighted by molar-refractivity contribution is 0.0784. The average molecular weight is 298 g/mol. The van der Waals surface area contributed by atoms with E-state index in [0.717, 1.165) is 36.0 Å². The third-order valence-corrected chi connectivity index (χ3v) is 3.91. The van der Waals surface area contributed by atoms with Crippen molar-refractivity contribution in [3.63, 3.8) is 0 Å². The highest BCUT2D eigenvalue weighted by Gasteiger charge is 2.27. The maximum absolute atomic E-state index is 12.3. The molecule has 1 unspecified atom stereocenters. The van der Waals surface area contributed by atoms with Crippen LogP contribution in [0.4, 0.5) is 0 Å². The molecular weight excluding hydrogens is 282 g/mol. The van der Waals surface area contributed by atoms with Crippen molar-refractivity contribution >= 4 is 21.8 Å². The van der Waals surface area contributed by atoms with E-state index in [2.05, 4.69) is 15.9 Å². The molecular formula is C13H16BrNO2. The minimum Gasteiger partial charge on any atom is -0.396 e. The molecule has 92 valence electrons. The van der Waals surface area contributed by atoms with Gasteiger partial charge < -0.3 is 10.0 Å². The number of hydrogen-bond acceptors (Lipinski definition) is 2. The van der Waals surface area contributed by atoms with Crippen LogP contribution in [0.1, 0.15) is 23.2 Å². The van der Waals surface area contributed by atoms with Crippen molar-refractivity contribution in [1.82, 2.24) is 4.90 Å². The van der Waals surface area contributed by atoms with Crippen LogP contribution in [0.15, 0.2) is 28.7 Å². The van der Waals surface area contributed by atoms with Crippen LogP contribution in [0.5, 0.6) is 0 Å². The standard InChI is InChI=1S/C13H16BrNO2/c14-12-4-2-1-3-11(12)13(17)15-7-5-10(9-15)6-8-16/h1-4,10,16H,5-9H2. The minimum atomic E-state index is 0.0814. The Labute approximate surface area is 110 Å². The summed E-state index contributed by atoms with van der Waals surface area (Å²) >= 11 is 3.40. The largest absolute Gasteiger partial charge is 0.396 e. The Morgan fingerprint density at radius 3 is 2.94 bits per heavy atom. The first-order valence-corrected chi connectivity index (χ1v) is 6.66. The first kappa shape index (κ1) is 12.6. The summed E-state index contributed by atoms with van der Waals surface area (Å²) in [5, 5.41) is 8.90. The van der Waals surface area contributed by atoms with Gasteiger partial charge in [-0.25, -0.2) is 0 Å². The van der Waals surface area contributed by atoms with Gasteiger partial charge in [0.15, 0.2) is 0 Å². The number of carbonyl (C=O) groups excluding carboxylic acids is 1. The Hall–Kier alpha value is -0.870. The lowest BCUT2D eigenvalue weighted by atomic mass is 10.1. The second kappa shape index (κ2) is 5.65. The van der Waals surface area contributed by atoms with E-state index in [0.29, 0.717) is 5.92 Å². The van der Waals surface area contributed by atoms with E-state index < -0.39 is 0 Å². The number of halogens is 1. The number of likely N-dealkylation sites (tertiary alicyclic amines) is 1. The van der Waals surface area contributed by atoms with Crippen LogP contribution in [0, 0.1) is 5.92 Å². The number of rotatable bonds is 3. The van der Waals surface area contributed by atoms with Crippen LogP contribution < -0.4 is 0 Å². The van der Waals surface area contributed by atoms with E-state index in [4.69, 9.17) is 5.11 Å². The molecule has 1 atom stereocenters. The molecule has 0 spiro atoms. The molecule has 4 heteroatoms. The Morgan fingerprint density at radius 2 is 2.24 bits per heavy atom. The summed E-state index contributed by atoms with van der Waals surface area (Å²) in [7, 11) is 0. The minimum absolute atomic E-state index is 0.0814. The van der Waals surface area contributed by atoms with E-state index in [9.17, 15) is 4.79 Å². The fourth-order valence-electron chi connectivity index (χ4n) is 2.24. The number of carbonyl (C=O) groups is 1. The highest BCUT2D eigenvalue weighted by molar-refractivity contribution is 9.10. The molecule has 1 N–H and O–H groups in total. The van der Waals surface area contributed by atoms with Gasteiger partial charge in [-0.2, -0.15) is 0 Å². The van der Waals surface area contributed by atoms with Crippen molar-refractivity contribution in [2.75, 3.05) is 19.7 Å². The summed E-state index contributed by atoms with van der Waals surface area (Å²) in [6, 6.07) is 7.50. The number of benzene rings is 1. The molecule has 1 aromatic carbocycles. The maximum atomic E-state index is 12.3. The molecule has 2 rings (SSSR count). The first-order valence-electron chi connectivity index (χ1n) is 5.87. The van der Waals surface area contributed by atoms with Crippen molar-refractivity contribution in [2.24, 2.45) is 5.92 Å². The summed E-state index contributed by atoms with van der Waals surface area (Å²) < 4.78 is 0.843. The SMILES string of the molecule is O=C(c1ccccc1Br)N1CCC(CCO)C1. The van der Waals surface area contributed by atoms with Gasteiger partial charge in [0.1, 0.15) is 0 Å². The molecule has 0 radical (unpaired) electrons. The van der Waals surface area contributed by atoms with Gasteiger partial charge in [0.05, 0.1) is 5.56 Å². The van der Waals surface area contributed by atoms with Crippen LogP contribution in [0.2, 0.25) is 0 Å². The van der Waals surface area contributed by atoms with Gasteiger partial charge in [0.2, 0.25) is 0 Å². The third-order valence-electron chi connectivity index (χ3n) is 3.21. The zero-order valence-corrected chi connectivity index (χ0v) is 11.2. The number of aliphatic hydroxyl groups is 1. The second-order valence-corrected chi connectivity index (χ2v) is 5.25. The van der Waals surface area contributed by atoms with Gasteiger partial charge in [0, 0.05) is 24.2 Å². The smallest absolute Gasteiger partial charge is 0.255 e. The predicted octanol–water partition coefficient (Wildman–Crippen LogP) is 2.29. The normalized spacial score (nSPS) is 19.6. The van der Waals surface area contributed by atoms with E-state index in [1.165, 1.54) is 0 Å². The van der Waals surface area contributed by atoms with Crippen molar-refractivity contribution in [3.8, 4) is 0 Å². The van der Waals surface area contributed by atoms with Gasteiger partial charge >= 0.3 is 0 Å². The third kappa shape index (κ3) is 2.87. The number of hydrogen-bond donors (Lipinski definition) is 1. The van der Waals surface area contributed by atoms with Gasteiger partial charge in [-0.05, 0) is 46.8 Å². The zero-order valence-electron chi connectivity index (χ0n) is 9.60. The van der Waals surface area contributed by atoms with Crippen molar-refractivity contribution in [1.29, 1.82) is 0 Å². The van der Waals surface area contributed by atoms with Crippen molar-refractivity contribution in [3.05, 3.63) is 34.3 Å². The molecule has 1 amide bonds. The molecule has 17 heavy (non-hydrogen) atoms. The monoisotopic (exact) mass is 297 g/mol. The first-order chi connectivity index (χ1) is 8.22. The summed E-state index contributed by atoms with van der Waals surface area (Å²) in [6.45, 7) is 1.77. The fourth-order valence-corrected chi connectivity index (χ4v) is 2.69. The van der Waals surface area contributed by atoms with Gasteiger partial charge in [-0.3, -0.25) is 4.79 Å². The molecule has 0 saturated carbocycles. The lowest BCUT2D eigenvalue weighted by Crippen LogP contribution is -2.29. The summed E-state index contributed by atoms with van der Waals surface area (Å²) in [6.07, 6.45) is 1.79. The van der Waals surface area contributed by atoms with Crippen LogP contribution in [0.3, 0.4) is 0 Å². The number of aliphatic hydroxyl groups excluding tert-OH is 1. The Kier molecular flexibility index (Phi) is 4.18. The molecule has 1 fully saturated rings. The number of amides is 1. The molecule has 0 aliphatic carbocycles. The van der Waals surface area contributed by atoms with E-state index in [-0.39, 0.29) is 12.5 Å². The Morgan fingerprint density at radius 1 is 1.47 bits per heavy atom. The molecule has 1 aliphatic heterocycles. The highest BCUT2D eigenvalue weighted by Crippen LogP contribution is 2.24. The Bertz CT molecular complexity index is 408. The molecule has 1 heterocycles. The molecule has 0 aromatic heterocycles. The molecule has 3 nitrogen and oxygen atoms in total. The van der Waals surface area contributed by atoms with E-state index in [1.54, 1.807) is 0 Å². The Balaban J connectivity index is 2.05. The van der Waals surface area contributed by atoms with E-state index in [1.807, 2.05) is 29.2 Å². The number of nitrogens with zero attached hydrogens (tertiary/aromatic N) is 1. The van der Waals surface area contributed by atoms with Gasteiger partial charge in [-0.1, -0.05) is 12.1 Å². The lowest BCUT2D eigenvalue weighted by Gasteiger charge is -2.17. The zero-order chi connectivity index (χ0) is 12.3. The highest BCUT2D eigenvalue weighted by atomic mass is 79.9. The van der Waals surface area contributed by atoms with Crippen LogP contribution in [0.25, 0.3) is 0 Å².